The maximum Gasteiger partial charge on any atom is 0.264 e. The molecule has 28 heavy (non-hydrogen) atoms. The molecule has 148 valence electrons. The molecule has 2 aromatic carbocycles. The average Bonchev–Trinajstić information content (AvgIpc) is 3.12. The standard InChI is InChI=1S/C20H19F3N2O3/c1-2-9-25(20(27)16-10-12-5-3-4-6-15(12)28-16)11-17(26)24-14-8-7-13(21)18(22)19(14)23/h3-8,16H,2,9-11H2,1H3,(H,24,26). The average molecular weight is 392 g/mol. The summed E-state index contributed by atoms with van der Waals surface area (Å²) >= 11 is 0. The highest BCUT2D eigenvalue weighted by Crippen LogP contribution is 2.29. The Morgan fingerprint density at radius 2 is 1.89 bits per heavy atom. The lowest BCUT2D eigenvalue weighted by Gasteiger charge is -2.24. The molecule has 0 bridgehead atoms. The van der Waals surface area contributed by atoms with Crippen LogP contribution in [-0.4, -0.2) is 35.9 Å². The smallest absolute Gasteiger partial charge is 0.264 e. The van der Waals surface area contributed by atoms with Gasteiger partial charge >= 0.3 is 0 Å². The van der Waals surface area contributed by atoms with Crippen LogP contribution in [0.2, 0.25) is 0 Å². The number of fused-ring (bicyclic) bond motifs is 1. The van der Waals surface area contributed by atoms with E-state index >= 15 is 0 Å². The minimum Gasteiger partial charge on any atom is -0.480 e. The van der Waals surface area contributed by atoms with Gasteiger partial charge in [0, 0.05) is 13.0 Å². The second kappa shape index (κ2) is 8.33. The highest BCUT2D eigenvalue weighted by atomic mass is 19.2. The van der Waals surface area contributed by atoms with Crippen LogP contribution in [0.5, 0.6) is 5.75 Å². The largest absolute Gasteiger partial charge is 0.480 e. The first-order chi connectivity index (χ1) is 13.4. The molecule has 0 radical (unpaired) electrons. The Labute approximate surface area is 160 Å². The number of halogens is 3. The van der Waals surface area contributed by atoms with Crippen molar-refractivity contribution in [2.24, 2.45) is 0 Å². The summed E-state index contributed by atoms with van der Waals surface area (Å²) < 4.78 is 45.7. The number of nitrogens with zero attached hydrogens (tertiary/aromatic N) is 1. The molecule has 1 atom stereocenters. The van der Waals surface area contributed by atoms with Crippen LogP contribution in [0, 0.1) is 17.5 Å². The topological polar surface area (TPSA) is 58.6 Å². The molecule has 0 fully saturated rings. The molecule has 2 aromatic rings. The lowest BCUT2D eigenvalue weighted by atomic mass is 10.1. The molecule has 0 spiro atoms. The third-order valence-corrected chi connectivity index (χ3v) is 4.37. The molecule has 0 saturated carbocycles. The van der Waals surface area contributed by atoms with Gasteiger partial charge in [-0.2, -0.15) is 0 Å². The number of hydrogen-bond donors (Lipinski definition) is 1. The molecule has 8 heteroatoms. The number of amides is 2. The van der Waals surface area contributed by atoms with Crippen molar-refractivity contribution in [3.05, 3.63) is 59.4 Å². The summed E-state index contributed by atoms with van der Waals surface area (Å²) in [5.74, 6) is -4.96. The van der Waals surface area contributed by atoms with Crippen LogP contribution in [0.25, 0.3) is 0 Å². The maximum atomic E-state index is 13.7. The molecule has 1 unspecified atom stereocenters. The fraction of sp³-hybridized carbons (Fsp3) is 0.300. The molecule has 0 saturated heterocycles. The Bertz CT molecular complexity index is 879. The van der Waals surface area contributed by atoms with E-state index in [1.165, 1.54) is 4.90 Å². The summed E-state index contributed by atoms with van der Waals surface area (Å²) in [5.41, 5.74) is 0.419. The van der Waals surface area contributed by atoms with Crippen LogP contribution < -0.4 is 10.1 Å². The van der Waals surface area contributed by atoms with Gasteiger partial charge < -0.3 is 15.0 Å². The quantitative estimate of drug-likeness (QED) is 0.768. The van der Waals surface area contributed by atoms with Crippen molar-refractivity contribution >= 4 is 17.5 Å². The fourth-order valence-electron chi connectivity index (χ4n) is 3.05. The molecule has 3 rings (SSSR count). The van der Waals surface area contributed by atoms with Gasteiger partial charge in [-0.05, 0) is 30.2 Å². The van der Waals surface area contributed by atoms with Gasteiger partial charge in [0.15, 0.2) is 23.6 Å². The zero-order valence-corrected chi connectivity index (χ0v) is 15.2. The number of anilines is 1. The summed E-state index contributed by atoms with van der Waals surface area (Å²) in [4.78, 5) is 26.4. The minimum atomic E-state index is -1.67. The van der Waals surface area contributed by atoms with Crippen molar-refractivity contribution in [3.63, 3.8) is 0 Å². The van der Waals surface area contributed by atoms with Crippen LogP contribution in [0.4, 0.5) is 18.9 Å². The molecular weight excluding hydrogens is 373 g/mol. The second-order valence-electron chi connectivity index (χ2n) is 6.45. The van der Waals surface area contributed by atoms with Crippen molar-refractivity contribution < 1.29 is 27.5 Å². The van der Waals surface area contributed by atoms with Gasteiger partial charge in [0.25, 0.3) is 5.91 Å². The number of rotatable bonds is 6. The van der Waals surface area contributed by atoms with E-state index in [0.29, 0.717) is 31.2 Å². The Kier molecular flexibility index (Phi) is 5.87. The second-order valence-corrected chi connectivity index (χ2v) is 6.45. The van der Waals surface area contributed by atoms with Crippen molar-refractivity contribution in [2.45, 2.75) is 25.9 Å². The fourth-order valence-corrected chi connectivity index (χ4v) is 3.05. The summed E-state index contributed by atoms with van der Waals surface area (Å²) in [7, 11) is 0. The molecule has 2 amide bonds. The molecule has 1 aliphatic heterocycles. The highest BCUT2D eigenvalue weighted by Gasteiger charge is 2.32. The molecular formula is C20H19F3N2O3. The Morgan fingerprint density at radius 3 is 2.61 bits per heavy atom. The SMILES string of the molecule is CCCN(CC(=O)Nc1ccc(F)c(F)c1F)C(=O)C1Cc2ccccc2O1. The molecule has 1 heterocycles. The van der Waals surface area contributed by atoms with E-state index in [2.05, 4.69) is 5.32 Å². The normalized spacial score (nSPS) is 14.9. The van der Waals surface area contributed by atoms with Gasteiger partial charge in [0.05, 0.1) is 12.2 Å². The number of nitrogens with one attached hydrogen (secondary N) is 1. The van der Waals surface area contributed by atoms with Gasteiger partial charge in [0.2, 0.25) is 5.91 Å². The van der Waals surface area contributed by atoms with Gasteiger partial charge in [0.1, 0.15) is 5.75 Å². The van der Waals surface area contributed by atoms with Crippen LogP contribution in [-0.2, 0) is 16.0 Å². The number of para-hydroxylation sites is 1. The Hall–Kier alpha value is -3.03. The summed E-state index contributed by atoms with van der Waals surface area (Å²) in [6, 6.07) is 8.93. The van der Waals surface area contributed by atoms with Gasteiger partial charge in [-0.25, -0.2) is 13.2 Å². The van der Waals surface area contributed by atoms with Crippen LogP contribution in [0.3, 0.4) is 0 Å². The number of hydrogen-bond acceptors (Lipinski definition) is 3. The lowest BCUT2D eigenvalue weighted by molar-refractivity contribution is -0.140. The van der Waals surface area contributed by atoms with Crippen molar-refractivity contribution in [3.8, 4) is 5.75 Å². The molecule has 5 nitrogen and oxygen atoms in total. The van der Waals surface area contributed by atoms with Gasteiger partial charge in [-0.3, -0.25) is 9.59 Å². The molecule has 0 aliphatic carbocycles. The van der Waals surface area contributed by atoms with E-state index in [1.54, 1.807) is 12.1 Å². The zero-order valence-electron chi connectivity index (χ0n) is 15.2. The Morgan fingerprint density at radius 1 is 1.14 bits per heavy atom. The van der Waals surface area contributed by atoms with Crippen molar-refractivity contribution in [2.75, 3.05) is 18.4 Å². The van der Waals surface area contributed by atoms with Crippen LogP contribution in [0.1, 0.15) is 18.9 Å². The number of carbonyl (C=O) groups excluding carboxylic acids is 2. The summed E-state index contributed by atoms with van der Waals surface area (Å²) in [6.45, 7) is 1.78. The third-order valence-electron chi connectivity index (χ3n) is 4.37. The van der Waals surface area contributed by atoms with E-state index in [0.717, 1.165) is 11.6 Å². The number of ether oxygens (including phenoxy) is 1. The third kappa shape index (κ3) is 4.11. The van der Waals surface area contributed by atoms with E-state index in [9.17, 15) is 22.8 Å². The minimum absolute atomic E-state index is 0.294. The van der Waals surface area contributed by atoms with E-state index in [1.807, 2.05) is 19.1 Å². The lowest BCUT2D eigenvalue weighted by Crippen LogP contribution is -2.45. The summed E-state index contributed by atoms with van der Waals surface area (Å²) in [5, 5.41) is 2.17. The molecule has 1 aliphatic rings. The van der Waals surface area contributed by atoms with E-state index in [-0.39, 0.29) is 12.5 Å². The van der Waals surface area contributed by atoms with Crippen molar-refractivity contribution in [1.82, 2.24) is 4.90 Å². The van der Waals surface area contributed by atoms with Crippen molar-refractivity contribution in [1.29, 1.82) is 0 Å². The van der Waals surface area contributed by atoms with Gasteiger partial charge in [-0.1, -0.05) is 25.1 Å². The zero-order chi connectivity index (χ0) is 20.3. The van der Waals surface area contributed by atoms with Crippen LogP contribution in [0.15, 0.2) is 36.4 Å². The van der Waals surface area contributed by atoms with E-state index < -0.39 is 35.2 Å². The first kappa shape index (κ1) is 19.7. The highest BCUT2D eigenvalue weighted by molar-refractivity contribution is 5.95. The predicted octanol–water partition coefficient (Wildman–Crippen LogP) is 3.28. The number of benzene rings is 2. The monoisotopic (exact) mass is 392 g/mol. The van der Waals surface area contributed by atoms with Crippen LogP contribution >= 0.6 is 0 Å². The first-order valence-corrected chi connectivity index (χ1v) is 8.87. The summed E-state index contributed by atoms with van der Waals surface area (Å²) in [6.07, 6.45) is 0.254. The maximum absolute atomic E-state index is 13.7. The Balaban J connectivity index is 1.67. The first-order valence-electron chi connectivity index (χ1n) is 8.87. The number of carbonyl (C=O) groups is 2. The van der Waals surface area contributed by atoms with Gasteiger partial charge in [-0.15, -0.1) is 0 Å². The van der Waals surface area contributed by atoms with E-state index in [4.69, 9.17) is 4.74 Å². The predicted molar refractivity (Wildman–Crippen MR) is 96.4 cm³/mol. The molecule has 0 aromatic heterocycles. The molecule has 1 N–H and O–H groups in total.